The van der Waals surface area contributed by atoms with E-state index in [-0.39, 0.29) is 19.7 Å². The minimum absolute atomic E-state index is 0.0316. The van der Waals surface area contributed by atoms with Gasteiger partial charge in [-0.3, -0.25) is 9.69 Å². The van der Waals surface area contributed by atoms with E-state index in [0.29, 0.717) is 11.4 Å². The van der Waals surface area contributed by atoms with E-state index in [1.54, 1.807) is 31.2 Å². The zero-order valence-corrected chi connectivity index (χ0v) is 12.9. The molecule has 1 atom stereocenters. The van der Waals surface area contributed by atoms with Crippen LogP contribution in [0.3, 0.4) is 0 Å². The molecule has 1 heterocycles. The summed E-state index contributed by atoms with van der Waals surface area (Å²) in [5.41, 5.74) is 0.633. The Morgan fingerprint density at radius 3 is 2.91 bits per heavy atom. The molecule has 0 spiro atoms. The third-order valence-corrected chi connectivity index (χ3v) is 3.19. The molecule has 1 N–H and O–H groups in total. The number of ether oxygens (including phenoxy) is 3. The van der Waals surface area contributed by atoms with E-state index < -0.39 is 24.1 Å². The van der Waals surface area contributed by atoms with Gasteiger partial charge in [0.15, 0.2) is 0 Å². The first kappa shape index (κ1) is 16.6. The monoisotopic (exact) mass is 322 g/mol. The lowest BCUT2D eigenvalue weighted by atomic mass is 10.2. The van der Waals surface area contributed by atoms with E-state index in [2.05, 4.69) is 10.1 Å². The Kier molecular flexibility index (Phi) is 5.40. The van der Waals surface area contributed by atoms with Gasteiger partial charge in [0, 0.05) is 6.07 Å². The summed E-state index contributed by atoms with van der Waals surface area (Å²) in [6.45, 7) is 2.02. The van der Waals surface area contributed by atoms with Crippen LogP contribution in [0, 0.1) is 0 Å². The first-order valence-corrected chi connectivity index (χ1v) is 7.12. The topological polar surface area (TPSA) is 94.2 Å². The second-order valence-electron chi connectivity index (χ2n) is 4.75. The Labute approximate surface area is 133 Å². The quantitative estimate of drug-likeness (QED) is 0.633. The van der Waals surface area contributed by atoms with Crippen LogP contribution in [0.25, 0.3) is 0 Å². The van der Waals surface area contributed by atoms with Gasteiger partial charge < -0.3 is 19.5 Å². The molecule has 1 fully saturated rings. The highest BCUT2D eigenvalue weighted by Gasteiger charge is 2.33. The van der Waals surface area contributed by atoms with Crippen molar-refractivity contribution in [2.75, 3.05) is 31.7 Å². The van der Waals surface area contributed by atoms with Gasteiger partial charge in [-0.25, -0.2) is 9.59 Å². The minimum Gasteiger partial charge on any atom is -0.497 e. The fourth-order valence-electron chi connectivity index (χ4n) is 2.09. The number of benzene rings is 1. The summed E-state index contributed by atoms with van der Waals surface area (Å²) in [7, 11) is 1.54. The molecule has 8 nitrogen and oxygen atoms in total. The number of nitrogens with zero attached hydrogens (tertiary/aromatic N) is 1. The average Bonchev–Trinajstić information content (AvgIpc) is 2.93. The Morgan fingerprint density at radius 1 is 1.43 bits per heavy atom. The summed E-state index contributed by atoms with van der Waals surface area (Å²) >= 11 is 0. The van der Waals surface area contributed by atoms with Gasteiger partial charge in [0.2, 0.25) is 0 Å². The fourth-order valence-corrected chi connectivity index (χ4v) is 2.09. The Morgan fingerprint density at radius 2 is 2.22 bits per heavy atom. The number of carbonyl (C=O) groups excluding carboxylic acids is 3. The highest BCUT2D eigenvalue weighted by molar-refractivity contribution is 6.32. The summed E-state index contributed by atoms with van der Waals surface area (Å²) in [5, 5.41) is 2.38. The van der Waals surface area contributed by atoms with Crippen LogP contribution in [0.5, 0.6) is 5.75 Å². The maximum atomic E-state index is 11.9. The normalized spacial score (nSPS) is 16.7. The second-order valence-corrected chi connectivity index (χ2v) is 4.75. The number of nitrogens with one attached hydrogen (secondary N) is 1. The maximum absolute atomic E-state index is 11.9. The lowest BCUT2D eigenvalue weighted by Gasteiger charge is -2.14. The first-order valence-electron chi connectivity index (χ1n) is 7.12. The molecular formula is C15H18N2O6. The molecule has 1 aliphatic rings. The van der Waals surface area contributed by atoms with E-state index in [1.807, 2.05) is 0 Å². The van der Waals surface area contributed by atoms with Crippen molar-refractivity contribution in [1.82, 2.24) is 5.32 Å². The Balaban J connectivity index is 1.92. The van der Waals surface area contributed by atoms with Crippen molar-refractivity contribution >= 4 is 23.7 Å². The number of carbonyl (C=O) groups is 3. The highest BCUT2D eigenvalue weighted by atomic mass is 16.6. The van der Waals surface area contributed by atoms with Crippen LogP contribution in [0.1, 0.15) is 6.92 Å². The van der Waals surface area contributed by atoms with Gasteiger partial charge in [-0.15, -0.1) is 0 Å². The largest absolute Gasteiger partial charge is 0.497 e. The molecule has 2 rings (SSSR count). The number of cyclic esters (lactones) is 1. The lowest BCUT2D eigenvalue weighted by Crippen LogP contribution is -2.39. The van der Waals surface area contributed by atoms with Gasteiger partial charge in [0.05, 0.1) is 32.5 Å². The molecular weight excluding hydrogens is 304 g/mol. The molecule has 0 aliphatic carbocycles. The van der Waals surface area contributed by atoms with Crippen molar-refractivity contribution < 1.29 is 28.6 Å². The zero-order valence-electron chi connectivity index (χ0n) is 12.9. The SMILES string of the molecule is CCOC(=O)C(=O)NCC1CN(c2cccc(OC)c2)C(=O)O1. The van der Waals surface area contributed by atoms with Crippen LogP contribution in [0.15, 0.2) is 24.3 Å². The van der Waals surface area contributed by atoms with Crippen LogP contribution in [-0.4, -0.2) is 50.9 Å². The highest BCUT2D eigenvalue weighted by Crippen LogP contribution is 2.25. The number of esters is 1. The van der Waals surface area contributed by atoms with Gasteiger partial charge >= 0.3 is 18.0 Å². The first-order chi connectivity index (χ1) is 11.0. The fraction of sp³-hybridized carbons (Fsp3) is 0.400. The molecule has 1 aromatic carbocycles. The summed E-state index contributed by atoms with van der Waals surface area (Å²) in [6, 6.07) is 6.99. The van der Waals surface area contributed by atoms with Crippen molar-refractivity contribution in [3.63, 3.8) is 0 Å². The Hall–Kier alpha value is -2.77. The summed E-state index contributed by atoms with van der Waals surface area (Å²) in [5.74, 6) is -1.20. The predicted octanol–water partition coefficient (Wildman–Crippen LogP) is 0.700. The molecule has 1 aromatic rings. The molecule has 0 radical (unpaired) electrons. The van der Waals surface area contributed by atoms with Crippen molar-refractivity contribution in [1.29, 1.82) is 0 Å². The van der Waals surface area contributed by atoms with Crippen LogP contribution < -0.4 is 15.0 Å². The number of amides is 2. The van der Waals surface area contributed by atoms with Crippen molar-refractivity contribution in [3.8, 4) is 5.75 Å². The Bertz CT molecular complexity index is 603. The number of anilines is 1. The smallest absolute Gasteiger partial charge is 0.414 e. The third-order valence-electron chi connectivity index (χ3n) is 3.19. The van der Waals surface area contributed by atoms with Gasteiger partial charge in [-0.05, 0) is 19.1 Å². The molecule has 8 heteroatoms. The maximum Gasteiger partial charge on any atom is 0.414 e. The number of rotatable bonds is 5. The van der Waals surface area contributed by atoms with Crippen LogP contribution in [0.4, 0.5) is 10.5 Å². The summed E-state index contributed by atoms with van der Waals surface area (Å²) in [6.07, 6.45) is -1.07. The predicted molar refractivity (Wildman–Crippen MR) is 80.3 cm³/mol. The summed E-state index contributed by atoms with van der Waals surface area (Å²) in [4.78, 5) is 36.0. The van der Waals surface area contributed by atoms with E-state index >= 15 is 0 Å². The molecule has 0 bridgehead atoms. The van der Waals surface area contributed by atoms with Gasteiger partial charge in [0.1, 0.15) is 11.9 Å². The average molecular weight is 322 g/mol. The van der Waals surface area contributed by atoms with Gasteiger partial charge in [0.25, 0.3) is 0 Å². The number of methoxy groups -OCH3 is 1. The minimum atomic E-state index is -0.957. The third kappa shape index (κ3) is 4.12. The van der Waals surface area contributed by atoms with Gasteiger partial charge in [-0.1, -0.05) is 6.07 Å². The molecule has 2 amide bonds. The van der Waals surface area contributed by atoms with E-state index in [1.165, 1.54) is 12.0 Å². The molecule has 1 aliphatic heterocycles. The van der Waals surface area contributed by atoms with E-state index in [0.717, 1.165) is 0 Å². The zero-order chi connectivity index (χ0) is 16.8. The molecule has 124 valence electrons. The molecule has 1 unspecified atom stereocenters. The van der Waals surface area contributed by atoms with E-state index in [4.69, 9.17) is 9.47 Å². The molecule has 0 saturated carbocycles. The summed E-state index contributed by atoms with van der Waals surface area (Å²) < 4.78 is 14.9. The van der Waals surface area contributed by atoms with Gasteiger partial charge in [-0.2, -0.15) is 0 Å². The lowest BCUT2D eigenvalue weighted by molar-refractivity contribution is -0.154. The molecule has 23 heavy (non-hydrogen) atoms. The number of hydrogen-bond acceptors (Lipinski definition) is 6. The second kappa shape index (κ2) is 7.48. The van der Waals surface area contributed by atoms with Crippen LogP contribution in [0.2, 0.25) is 0 Å². The van der Waals surface area contributed by atoms with Crippen LogP contribution in [-0.2, 0) is 19.1 Å². The number of hydrogen-bond donors (Lipinski definition) is 1. The standard InChI is InChI=1S/C15H18N2O6/c1-3-22-14(19)13(18)16-8-12-9-17(15(20)23-12)10-5-4-6-11(7-10)21-2/h4-7,12H,3,8-9H2,1-2H3,(H,16,18). The van der Waals surface area contributed by atoms with Crippen LogP contribution >= 0.6 is 0 Å². The van der Waals surface area contributed by atoms with E-state index in [9.17, 15) is 14.4 Å². The van der Waals surface area contributed by atoms with Crippen molar-refractivity contribution in [3.05, 3.63) is 24.3 Å². The molecule has 1 saturated heterocycles. The van der Waals surface area contributed by atoms with Crippen molar-refractivity contribution in [2.24, 2.45) is 0 Å². The molecule has 0 aromatic heterocycles. The van der Waals surface area contributed by atoms with Crippen molar-refractivity contribution in [2.45, 2.75) is 13.0 Å².